The molecule has 0 spiro atoms. The van der Waals surface area contributed by atoms with E-state index in [2.05, 4.69) is 54.7 Å². The molecule has 0 saturated carbocycles. The van der Waals surface area contributed by atoms with Crippen molar-refractivity contribution in [2.24, 2.45) is 0 Å². The van der Waals surface area contributed by atoms with Gasteiger partial charge in [-0.1, -0.05) is 69.3 Å². The Labute approximate surface area is 272 Å². The van der Waals surface area contributed by atoms with Gasteiger partial charge in [0.25, 0.3) is 10.0 Å². The van der Waals surface area contributed by atoms with Crippen LogP contribution in [-0.4, -0.2) is 47.2 Å². The first-order valence-corrected chi connectivity index (χ1v) is 18.6. The topological polar surface area (TPSA) is 92.8 Å². The molecular formula is C36H41FN2O5S2. The molecule has 1 N–H and O–H groups in total. The van der Waals surface area contributed by atoms with E-state index in [4.69, 9.17) is 4.74 Å². The Morgan fingerprint density at radius 1 is 0.848 bits per heavy atom. The summed E-state index contributed by atoms with van der Waals surface area (Å²) >= 11 is 0. The van der Waals surface area contributed by atoms with Gasteiger partial charge in [0, 0.05) is 25.7 Å². The van der Waals surface area contributed by atoms with Crippen LogP contribution in [0, 0.1) is 5.82 Å². The molecule has 0 aromatic heterocycles. The van der Waals surface area contributed by atoms with E-state index >= 15 is 0 Å². The van der Waals surface area contributed by atoms with Crippen molar-refractivity contribution in [1.82, 2.24) is 4.90 Å². The van der Waals surface area contributed by atoms with Gasteiger partial charge in [0.1, 0.15) is 5.75 Å². The molecule has 1 heterocycles. The average molecular weight is 665 g/mol. The molecule has 0 saturated heterocycles. The molecule has 4 aromatic carbocycles. The Hall–Kier alpha value is -3.73. The van der Waals surface area contributed by atoms with Gasteiger partial charge in [-0.3, -0.25) is 9.62 Å². The Balaban J connectivity index is 1.13. The SMILES string of the molecule is CC(C)(C)c1ccc(CCN2CCc3cc(S(=O)(=O)Nc4ccc(OCCCS(=O)(=O)c5ccccc5)cc4F)ccc3C2)cc1. The minimum absolute atomic E-state index is 0.0632. The van der Waals surface area contributed by atoms with E-state index in [-0.39, 0.29) is 45.4 Å². The Morgan fingerprint density at radius 3 is 2.28 bits per heavy atom. The van der Waals surface area contributed by atoms with Crippen molar-refractivity contribution in [2.45, 2.75) is 61.8 Å². The van der Waals surface area contributed by atoms with E-state index in [0.29, 0.717) is 0 Å². The molecule has 1 aliphatic rings. The molecule has 46 heavy (non-hydrogen) atoms. The van der Waals surface area contributed by atoms with E-state index < -0.39 is 25.7 Å². The summed E-state index contributed by atoms with van der Waals surface area (Å²) in [5.41, 5.74) is 4.62. The van der Waals surface area contributed by atoms with Gasteiger partial charge in [0.15, 0.2) is 15.7 Å². The molecule has 1 aliphatic heterocycles. The van der Waals surface area contributed by atoms with Gasteiger partial charge in [-0.15, -0.1) is 0 Å². The number of anilines is 1. The van der Waals surface area contributed by atoms with Crippen LogP contribution in [0.1, 0.15) is 49.4 Å². The average Bonchev–Trinajstić information content (AvgIpc) is 3.03. The molecule has 0 bridgehead atoms. The molecule has 0 radical (unpaired) electrons. The fourth-order valence-corrected chi connectivity index (χ4v) is 7.88. The van der Waals surface area contributed by atoms with Gasteiger partial charge in [-0.25, -0.2) is 21.2 Å². The number of nitrogens with one attached hydrogen (secondary N) is 1. The maximum absolute atomic E-state index is 14.9. The van der Waals surface area contributed by atoms with Crippen LogP contribution in [0.3, 0.4) is 0 Å². The van der Waals surface area contributed by atoms with E-state index in [1.807, 2.05) is 6.07 Å². The van der Waals surface area contributed by atoms with Crippen molar-refractivity contribution in [2.75, 3.05) is 30.2 Å². The van der Waals surface area contributed by atoms with Crippen molar-refractivity contribution in [3.05, 3.63) is 119 Å². The summed E-state index contributed by atoms with van der Waals surface area (Å²) < 4.78 is 74.0. The first-order valence-electron chi connectivity index (χ1n) is 15.5. The molecular weight excluding hydrogens is 624 g/mol. The third-order valence-corrected chi connectivity index (χ3v) is 11.4. The number of ether oxygens (including phenoxy) is 1. The predicted molar refractivity (Wildman–Crippen MR) is 180 cm³/mol. The van der Waals surface area contributed by atoms with Crippen LogP contribution >= 0.6 is 0 Å². The normalized spacial score (nSPS) is 14.1. The Bertz CT molecular complexity index is 1870. The van der Waals surface area contributed by atoms with Gasteiger partial charge in [-0.05, 0) is 83.3 Å². The second-order valence-electron chi connectivity index (χ2n) is 12.7. The quantitative estimate of drug-likeness (QED) is 0.168. The fourth-order valence-electron chi connectivity index (χ4n) is 5.46. The van der Waals surface area contributed by atoms with Crippen molar-refractivity contribution < 1.29 is 26.0 Å². The lowest BCUT2D eigenvalue weighted by Gasteiger charge is -2.29. The highest BCUT2D eigenvalue weighted by Gasteiger charge is 2.22. The first kappa shape index (κ1) is 33.6. The molecule has 0 aliphatic carbocycles. The third kappa shape index (κ3) is 8.54. The Morgan fingerprint density at radius 2 is 1.59 bits per heavy atom. The maximum atomic E-state index is 14.9. The fraction of sp³-hybridized carbons (Fsp3) is 0.333. The summed E-state index contributed by atoms with van der Waals surface area (Å²) in [6.07, 6.45) is 1.89. The smallest absolute Gasteiger partial charge is 0.261 e. The van der Waals surface area contributed by atoms with Crippen molar-refractivity contribution in [1.29, 1.82) is 0 Å². The molecule has 244 valence electrons. The zero-order chi connectivity index (χ0) is 33.0. The van der Waals surface area contributed by atoms with Crippen LogP contribution in [0.15, 0.2) is 101 Å². The third-order valence-electron chi connectivity index (χ3n) is 8.23. The Kier molecular flexibility index (Phi) is 10.2. The van der Waals surface area contributed by atoms with Crippen LogP contribution < -0.4 is 9.46 Å². The minimum atomic E-state index is -4.03. The van der Waals surface area contributed by atoms with E-state index in [0.717, 1.165) is 49.7 Å². The molecule has 0 unspecified atom stereocenters. The van der Waals surface area contributed by atoms with Crippen molar-refractivity contribution in [3.63, 3.8) is 0 Å². The second-order valence-corrected chi connectivity index (χ2v) is 16.5. The number of sulfone groups is 1. The lowest BCUT2D eigenvalue weighted by Crippen LogP contribution is -2.32. The first-order chi connectivity index (χ1) is 21.8. The van der Waals surface area contributed by atoms with Crippen LogP contribution in [0.4, 0.5) is 10.1 Å². The number of nitrogens with zero attached hydrogens (tertiary/aromatic N) is 1. The lowest BCUT2D eigenvalue weighted by atomic mass is 9.86. The molecule has 0 amide bonds. The minimum Gasteiger partial charge on any atom is -0.493 e. The van der Waals surface area contributed by atoms with E-state index in [1.165, 1.54) is 23.3 Å². The summed E-state index contributed by atoms with van der Waals surface area (Å²) in [4.78, 5) is 2.71. The molecule has 4 aromatic rings. The van der Waals surface area contributed by atoms with Crippen LogP contribution in [0.25, 0.3) is 0 Å². The highest BCUT2D eigenvalue weighted by atomic mass is 32.2. The monoisotopic (exact) mass is 664 g/mol. The molecule has 5 rings (SSSR count). The number of sulfonamides is 1. The number of rotatable bonds is 12. The second kappa shape index (κ2) is 13.9. The zero-order valence-corrected chi connectivity index (χ0v) is 28.1. The zero-order valence-electron chi connectivity index (χ0n) is 26.5. The largest absolute Gasteiger partial charge is 0.493 e. The summed E-state index contributed by atoms with van der Waals surface area (Å²) in [5, 5.41) is 0. The van der Waals surface area contributed by atoms with Crippen LogP contribution in [0.5, 0.6) is 5.75 Å². The standard InChI is InChI=1S/C36H41FN2O5S2/c1-36(2,3)30-13-10-27(11-14-30)18-20-39-21-19-28-24-33(16-12-29(28)26-39)46(42,43)38-35-17-15-31(25-34(35)37)44-22-7-23-45(40,41)32-8-5-4-6-9-32/h4-6,8-17,24-25,38H,7,18-23,26H2,1-3H3. The number of fused-ring (bicyclic) bond motifs is 1. The molecule has 0 fully saturated rings. The van der Waals surface area contributed by atoms with Crippen molar-refractivity contribution in [3.8, 4) is 5.75 Å². The van der Waals surface area contributed by atoms with Gasteiger partial charge < -0.3 is 4.74 Å². The van der Waals surface area contributed by atoms with Crippen LogP contribution in [-0.2, 0) is 44.7 Å². The number of benzene rings is 4. The van der Waals surface area contributed by atoms with Gasteiger partial charge in [0.05, 0.1) is 27.8 Å². The molecule has 7 nitrogen and oxygen atoms in total. The van der Waals surface area contributed by atoms with E-state index in [9.17, 15) is 21.2 Å². The van der Waals surface area contributed by atoms with Gasteiger partial charge >= 0.3 is 0 Å². The summed E-state index contributed by atoms with van der Waals surface area (Å²) in [6, 6.07) is 25.9. The van der Waals surface area contributed by atoms with E-state index in [1.54, 1.807) is 42.5 Å². The number of hydrogen-bond acceptors (Lipinski definition) is 6. The van der Waals surface area contributed by atoms with Gasteiger partial charge in [0.2, 0.25) is 0 Å². The highest BCUT2D eigenvalue weighted by Crippen LogP contribution is 2.27. The lowest BCUT2D eigenvalue weighted by molar-refractivity contribution is 0.257. The highest BCUT2D eigenvalue weighted by molar-refractivity contribution is 7.92. The predicted octanol–water partition coefficient (Wildman–Crippen LogP) is 6.77. The van der Waals surface area contributed by atoms with Crippen molar-refractivity contribution >= 4 is 25.5 Å². The summed E-state index contributed by atoms with van der Waals surface area (Å²) in [7, 11) is -7.47. The molecule has 10 heteroatoms. The maximum Gasteiger partial charge on any atom is 0.261 e. The van der Waals surface area contributed by atoms with Crippen LogP contribution in [0.2, 0.25) is 0 Å². The number of halogens is 1. The summed E-state index contributed by atoms with van der Waals surface area (Å²) in [5.74, 6) is -0.722. The van der Waals surface area contributed by atoms with Gasteiger partial charge in [-0.2, -0.15) is 0 Å². The number of hydrogen-bond donors (Lipinski definition) is 1. The summed E-state index contributed by atoms with van der Waals surface area (Å²) in [6.45, 7) is 9.19. The molecule has 0 atom stereocenters.